The molecular formula is C13H26N2O3. The van der Waals surface area contributed by atoms with E-state index in [0.29, 0.717) is 32.4 Å². The zero-order valence-electron chi connectivity index (χ0n) is 11.3. The number of carbonyl (C=O) groups is 1. The van der Waals surface area contributed by atoms with Crippen LogP contribution >= 0.6 is 0 Å². The molecule has 0 aromatic heterocycles. The number of amides is 1. The van der Waals surface area contributed by atoms with E-state index in [-0.39, 0.29) is 11.8 Å². The van der Waals surface area contributed by atoms with Crippen LogP contribution in [0.2, 0.25) is 0 Å². The van der Waals surface area contributed by atoms with Gasteiger partial charge in [-0.2, -0.15) is 0 Å². The van der Waals surface area contributed by atoms with Gasteiger partial charge in [0, 0.05) is 32.2 Å². The lowest BCUT2D eigenvalue weighted by Crippen LogP contribution is -2.36. The van der Waals surface area contributed by atoms with Crippen molar-refractivity contribution in [2.24, 2.45) is 11.7 Å². The molecule has 18 heavy (non-hydrogen) atoms. The fourth-order valence-corrected chi connectivity index (χ4v) is 2.16. The van der Waals surface area contributed by atoms with E-state index in [0.717, 1.165) is 32.1 Å². The molecule has 1 saturated carbocycles. The number of hydrogen-bond donors (Lipinski definition) is 2. The van der Waals surface area contributed by atoms with Crippen molar-refractivity contribution in [3.8, 4) is 0 Å². The summed E-state index contributed by atoms with van der Waals surface area (Å²) in [6.45, 7) is 2.59. The quantitative estimate of drug-likeness (QED) is 0.628. The summed E-state index contributed by atoms with van der Waals surface area (Å²) in [4.78, 5) is 11.8. The molecule has 0 atom stereocenters. The van der Waals surface area contributed by atoms with Crippen LogP contribution < -0.4 is 11.1 Å². The van der Waals surface area contributed by atoms with Crippen molar-refractivity contribution in [3.05, 3.63) is 0 Å². The summed E-state index contributed by atoms with van der Waals surface area (Å²) < 4.78 is 10.2. The third kappa shape index (κ3) is 6.33. The van der Waals surface area contributed by atoms with Crippen molar-refractivity contribution in [2.75, 3.05) is 33.5 Å². The molecule has 0 heterocycles. The monoisotopic (exact) mass is 258 g/mol. The molecule has 0 unspecified atom stereocenters. The second-order valence-electron chi connectivity index (χ2n) is 4.86. The fourth-order valence-electron chi connectivity index (χ4n) is 2.16. The summed E-state index contributed by atoms with van der Waals surface area (Å²) in [6.07, 6.45) is 4.65. The molecule has 0 radical (unpaired) electrons. The van der Waals surface area contributed by atoms with E-state index in [9.17, 15) is 4.79 Å². The minimum Gasteiger partial charge on any atom is -0.382 e. The van der Waals surface area contributed by atoms with Gasteiger partial charge in [0.05, 0.1) is 13.2 Å². The minimum atomic E-state index is 0.166. The zero-order valence-corrected chi connectivity index (χ0v) is 11.3. The average Bonchev–Trinajstić information content (AvgIpc) is 2.38. The Labute approximate surface area is 109 Å². The molecule has 1 rings (SSSR count). The summed E-state index contributed by atoms with van der Waals surface area (Å²) in [6, 6.07) is 0.295. The number of rotatable bonds is 8. The predicted octanol–water partition coefficient (Wildman–Crippen LogP) is 0.673. The van der Waals surface area contributed by atoms with Crippen LogP contribution in [0, 0.1) is 5.92 Å². The van der Waals surface area contributed by atoms with Crippen molar-refractivity contribution in [2.45, 2.75) is 38.1 Å². The summed E-state index contributed by atoms with van der Waals surface area (Å²) in [5.74, 6) is 0.345. The number of nitrogens with one attached hydrogen (secondary N) is 1. The predicted molar refractivity (Wildman–Crippen MR) is 70.3 cm³/mol. The maximum atomic E-state index is 11.8. The molecule has 106 valence electrons. The first kappa shape index (κ1) is 15.4. The van der Waals surface area contributed by atoms with Crippen LogP contribution in [0.3, 0.4) is 0 Å². The van der Waals surface area contributed by atoms with E-state index in [1.165, 1.54) is 0 Å². The van der Waals surface area contributed by atoms with Crippen molar-refractivity contribution >= 4 is 5.91 Å². The van der Waals surface area contributed by atoms with Gasteiger partial charge in [-0.15, -0.1) is 0 Å². The highest BCUT2D eigenvalue weighted by Crippen LogP contribution is 2.22. The molecule has 0 saturated heterocycles. The molecule has 1 fully saturated rings. The maximum absolute atomic E-state index is 11.8. The molecular weight excluding hydrogens is 232 g/mol. The zero-order chi connectivity index (χ0) is 13.2. The van der Waals surface area contributed by atoms with Gasteiger partial charge in [-0.05, 0) is 32.1 Å². The van der Waals surface area contributed by atoms with Crippen molar-refractivity contribution in [3.63, 3.8) is 0 Å². The van der Waals surface area contributed by atoms with Gasteiger partial charge in [0.15, 0.2) is 0 Å². The van der Waals surface area contributed by atoms with Gasteiger partial charge in [0.2, 0.25) is 5.91 Å². The SMILES string of the molecule is COCCOCCCNC(=O)C1CCC(N)CC1. The molecule has 1 aliphatic rings. The molecule has 0 aliphatic heterocycles. The Morgan fingerprint density at radius 3 is 2.61 bits per heavy atom. The molecule has 3 N–H and O–H groups in total. The molecule has 0 aromatic rings. The smallest absolute Gasteiger partial charge is 0.223 e. The lowest BCUT2D eigenvalue weighted by Gasteiger charge is -2.25. The largest absolute Gasteiger partial charge is 0.382 e. The Morgan fingerprint density at radius 1 is 1.22 bits per heavy atom. The Bertz CT molecular complexity index is 228. The van der Waals surface area contributed by atoms with Gasteiger partial charge in [0.1, 0.15) is 0 Å². The first-order valence-corrected chi connectivity index (χ1v) is 6.84. The van der Waals surface area contributed by atoms with E-state index in [1.54, 1.807) is 7.11 Å². The highest BCUT2D eigenvalue weighted by molar-refractivity contribution is 5.78. The van der Waals surface area contributed by atoms with Crippen LogP contribution in [0.4, 0.5) is 0 Å². The van der Waals surface area contributed by atoms with Gasteiger partial charge in [-0.3, -0.25) is 4.79 Å². The maximum Gasteiger partial charge on any atom is 0.223 e. The highest BCUT2D eigenvalue weighted by Gasteiger charge is 2.23. The number of nitrogens with two attached hydrogens (primary N) is 1. The van der Waals surface area contributed by atoms with E-state index in [2.05, 4.69) is 5.32 Å². The second kappa shape index (κ2) is 9.30. The second-order valence-corrected chi connectivity index (χ2v) is 4.86. The molecule has 0 aromatic carbocycles. The van der Waals surface area contributed by atoms with E-state index >= 15 is 0 Å². The average molecular weight is 258 g/mol. The third-order valence-electron chi connectivity index (χ3n) is 3.34. The number of hydrogen-bond acceptors (Lipinski definition) is 4. The molecule has 0 bridgehead atoms. The fraction of sp³-hybridized carbons (Fsp3) is 0.923. The van der Waals surface area contributed by atoms with E-state index < -0.39 is 0 Å². The Morgan fingerprint density at radius 2 is 1.94 bits per heavy atom. The van der Waals surface area contributed by atoms with Crippen LogP contribution in [0.25, 0.3) is 0 Å². The standard InChI is InChI=1S/C13H26N2O3/c1-17-9-10-18-8-2-7-15-13(16)11-3-5-12(14)6-4-11/h11-12H,2-10,14H2,1H3,(H,15,16). The third-order valence-corrected chi connectivity index (χ3v) is 3.34. The summed E-state index contributed by atoms with van der Waals surface area (Å²) in [5, 5.41) is 2.97. The Hall–Kier alpha value is -0.650. The summed E-state index contributed by atoms with van der Waals surface area (Å²) >= 11 is 0. The van der Waals surface area contributed by atoms with Crippen LogP contribution in [0.1, 0.15) is 32.1 Å². The number of carbonyl (C=O) groups excluding carboxylic acids is 1. The van der Waals surface area contributed by atoms with E-state index in [1.807, 2.05) is 0 Å². The van der Waals surface area contributed by atoms with Gasteiger partial charge in [0.25, 0.3) is 0 Å². The minimum absolute atomic E-state index is 0.166. The normalized spacial score (nSPS) is 23.9. The van der Waals surface area contributed by atoms with Crippen molar-refractivity contribution in [1.29, 1.82) is 0 Å². The first-order chi connectivity index (χ1) is 8.74. The van der Waals surface area contributed by atoms with E-state index in [4.69, 9.17) is 15.2 Å². The van der Waals surface area contributed by atoms with Gasteiger partial charge in [-0.1, -0.05) is 0 Å². The lowest BCUT2D eigenvalue weighted by atomic mass is 9.86. The summed E-state index contributed by atoms with van der Waals surface area (Å²) in [7, 11) is 1.65. The number of methoxy groups -OCH3 is 1. The van der Waals surface area contributed by atoms with Gasteiger partial charge >= 0.3 is 0 Å². The first-order valence-electron chi connectivity index (χ1n) is 6.84. The molecule has 5 nitrogen and oxygen atoms in total. The van der Waals surface area contributed by atoms with Gasteiger partial charge in [-0.25, -0.2) is 0 Å². The van der Waals surface area contributed by atoms with Crippen LogP contribution in [-0.2, 0) is 14.3 Å². The van der Waals surface area contributed by atoms with Crippen LogP contribution in [-0.4, -0.2) is 45.4 Å². The van der Waals surface area contributed by atoms with Crippen molar-refractivity contribution in [1.82, 2.24) is 5.32 Å². The van der Waals surface area contributed by atoms with Crippen molar-refractivity contribution < 1.29 is 14.3 Å². The van der Waals surface area contributed by atoms with Crippen LogP contribution in [0.15, 0.2) is 0 Å². The Kier molecular flexibility index (Phi) is 7.96. The molecule has 1 aliphatic carbocycles. The molecule has 0 spiro atoms. The van der Waals surface area contributed by atoms with Crippen LogP contribution in [0.5, 0.6) is 0 Å². The summed E-state index contributed by atoms with van der Waals surface area (Å²) in [5.41, 5.74) is 5.82. The Balaban J connectivity index is 1.96. The molecule has 5 heteroatoms. The van der Waals surface area contributed by atoms with Gasteiger partial charge < -0.3 is 20.5 Å². The lowest BCUT2D eigenvalue weighted by molar-refractivity contribution is -0.126. The highest BCUT2D eigenvalue weighted by atomic mass is 16.5. The topological polar surface area (TPSA) is 73.6 Å². The molecule has 1 amide bonds. The number of ether oxygens (including phenoxy) is 2.